The molecule has 0 radical (unpaired) electrons. The van der Waals surface area contributed by atoms with Gasteiger partial charge in [-0.25, -0.2) is 9.97 Å². The van der Waals surface area contributed by atoms with Crippen LogP contribution in [-0.4, -0.2) is 37.9 Å². The zero-order valence-corrected chi connectivity index (χ0v) is 8.00. The Bertz CT molecular complexity index is 455. The topological polar surface area (TPSA) is 98.6 Å². The van der Waals surface area contributed by atoms with Crippen molar-refractivity contribution in [2.45, 2.75) is 6.61 Å². The van der Waals surface area contributed by atoms with Gasteiger partial charge in [0.15, 0.2) is 5.65 Å². The lowest BCUT2D eigenvalue weighted by molar-refractivity contribution is 0.0820. The summed E-state index contributed by atoms with van der Waals surface area (Å²) in [5, 5.41) is 12.6. The first kappa shape index (κ1) is 9.81. The molecule has 3 N–H and O–H groups in total. The molecule has 2 heterocycles. The Kier molecular flexibility index (Phi) is 2.75. The number of nitrogen functional groups attached to an aromatic ring is 1. The number of fused-ring (bicyclic) bond motifs is 1. The lowest BCUT2D eigenvalue weighted by atomic mass is 10.4. The van der Waals surface area contributed by atoms with E-state index >= 15 is 0 Å². The first-order valence-corrected chi connectivity index (χ1v) is 4.44. The van der Waals surface area contributed by atoms with Gasteiger partial charge in [-0.1, -0.05) is 0 Å². The molecule has 0 aliphatic carbocycles. The number of nitrogens with two attached hydrogens (primary N) is 1. The van der Waals surface area contributed by atoms with Crippen LogP contribution in [0.25, 0.3) is 5.65 Å². The minimum atomic E-state index is -0.00364. The van der Waals surface area contributed by atoms with Gasteiger partial charge in [0.05, 0.1) is 26.0 Å². The highest BCUT2D eigenvalue weighted by Gasteiger charge is 2.07. The van der Waals surface area contributed by atoms with Crippen molar-refractivity contribution >= 4 is 11.6 Å². The molecule has 2 aromatic rings. The maximum Gasteiger partial charge on any atom is 0.224 e. The summed E-state index contributed by atoms with van der Waals surface area (Å²) in [4.78, 5) is 7.85. The molecule has 7 nitrogen and oxygen atoms in total. The van der Waals surface area contributed by atoms with Crippen LogP contribution in [0.3, 0.4) is 0 Å². The number of aliphatic hydroxyl groups excluding tert-OH is 1. The molecular weight excluding hydrogens is 198 g/mol. The Labute approximate surface area is 85.5 Å². The van der Waals surface area contributed by atoms with E-state index in [1.165, 1.54) is 10.8 Å². The van der Waals surface area contributed by atoms with Gasteiger partial charge >= 0.3 is 0 Å². The van der Waals surface area contributed by atoms with Gasteiger partial charge in [0.25, 0.3) is 0 Å². The predicted molar refractivity (Wildman–Crippen MR) is 51.9 cm³/mol. The molecule has 2 aromatic heterocycles. The molecule has 0 fully saturated rings. The number of aliphatic hydroxyl groups is 1. The monoisotopic (exact) mass is 209 g/mol. The second-order valence-electron chi connectivity index (χ2n) is 2.91. The van der Waals surface area contributed by atoms with E-state index in [0.29, 0.717) is 12.3 Å². The molecule has 0 saturated heterocycles. The summed E-state index contributed by atoms with van der Waals surface area (Å²) in [5.74, 6) is 0.286. The third-order valence-corrected chi connectivity index (χ3v) is 1.90. The third kappa shape index (κ3) is 1.88. The van der Waals surface area contributed by atoms with E-state index in [2.05, 4.69) is 15.1 Å². The Morgan fingerprint density at radius 1 is 1.47 bits per heavy atom. The molecule has 0 saturated carbocycles. The Morgan fingerprint density at radius 2 is 2.33 bits per heavy atom. The maximum absolute atomic E-state index is 8.56. The lowest BCUT2D eigenvalue weighted by Gasteiger charge is -2.00. The zero-order chi connectivity index (χ0) is 10.7. The van der Waals surface area contributed by atoms with Crippen molar-refractivity contribution in [2.24, 2.45) is 0 Å². The molecule has 0 aliphatic heterocycles. The van der Waals surface area contributed by atoms with Crippen LogP contribution in [0.15, 0.2) is 12.5 Å². The number of nitrogens with zero attached hydrogens (tertiary/aromatic N) is 4. The molecule has 0 aliphatic rings. The molecule has 0 amide bonds. The molecule has 0 unspecified atom stereocenters. The summed E-state index contributed by atoms with van der Waals surface area (Å²) >= 11 is 0. The Morgan fingerprint density at radius 3 is 3.13 bits per heavy atom. The van der Waals surface area contributed by atoms with Crippen molar-refractivity contribution in [3.8, 4) is 0 Å². The van der Waals surface area contributed by atoms with Crippen LogP contribution in [0.4, 0.5) is 5.95 Å². The first-order valence-electron chi connectivity index (χ1n) is 4.44. The highest BCUT2D eigenvalue weighted by Crippen LogP contribution is 2.10. The van der Waals surface area contributed by atoms with Gasteiger partial charge in [0.1, 0.15) is 6.33 Å². The van der Waals surface area contributed by atoms with Gasteiger partial charge < -0.3 is 15.6 Å². The molecule has 0 aromatic carbocycles. The van der Waals surface area contributed by atoms with Gasteiger partial charge in [-0.3, -0.25) is 0 Å². The van der Waals surface area contributed by atoms with Crippen LogP contribution in [0, 0.1) is 0 Å². The fourth-order valence-corrected chi connectivity index (χ4v) is 1.23. The van der Waals surface area contributed by atoms with Crippen molar-refractivity contribution in [1.82, 2.24) is 19.6 Å². The van der Waals surface area contributed by atoms with E-state index < -0.39 is 0 Å². The van der Waals surface area contributed by atoms with Gasteiger partial charge in [-0.2, -0.15) is 9.61 Å². The van der Waals surface area contributed by atoms with E-state index in [0.717, 1.165) is 5.56 Å². The molecule has 2 rings (SSSR count). The van der Waals surface area contributed by atoms with Crippen LogP contribution >= 0.6 is 0 Å². The van der Waals surface area contributed by atoms with Gasteiger partial charge in [0, 0.05) is 5.56 Å². The highest BCUT2D eigenvalue weighted by molar-refractivity contribution is 5.48. The fraction of sp³-hybridized carbons (Fsp3) is 0.375. The molecule has 0 spiro atoms. The van der Waals surface area contributed by atoms with Crippen LogP contribution < -0.4 is 5.73 Å². The summed E-state index contributed by atoms with van der Waals surface area (Å²) in [6, 6.07) is 0. The van der Waals surface area contributed by atoms with Gasteiger partial charge in [-0.05, 0) is 0 Å². The minimum Gasteiger partial charge on any atom is -0.394 e. The maximum atomic E-state index is 8.56. The third-order valence-electron chi connectivity index (χ3n) is 1.90. The second-order valence-corrected chi connectivity index (χ2v) is 2.91. The number of hydrogen-bond donors (Lipinski definition) is 2. The number of rotatable bonds is 4. The Hall–Kier alpha value is -1.73. The largest absolute Gasteiger partial charge is 0.394 e. The quantitative estimate of drug-likeness (QED) is 0.640. The van der Waals surface area contributed by atoms with Crippen LogP contribution in [0.2, 0.25) is 0 Å². The van der Waals surface area contributed by atoms with E-state index in [1.54, 1.807) is 6.20 Å². The summed E-state index contributed by atoms with van der Waals surface area (Å²) in [6.07, 6.45) is 3.00. The van der Waals surface area contributed by atoms with Crippen molar-refractivity contribution in [2.75, 3.05) is 18.9 Å². The van der Waals surface area contributed by atoms with E-state index in [1.807, 2.05) is 0 Å². The zero-order valence-electron chi connectivity index (χ0n) is 8.00. The van der Waals surface area contributed by atoms with Gasteiger partial charge in [-0.15, -0.1) is 0 Å². The van der Waals surface area contributed by atoms with E-state index in [-0.39, 0.29) is 19.2 Å². The number of ether oxygens (including phenoxy) is 1. The highest BCUT2D eigenvalue weighted by atomic mass is 16.5. The van der Waals surface area contributed by atoms with Crippen LogP contribution in [-0.2, 0) is 11.3 Å². The average Bonchev–Trinajstić information content (AvgIpc) is 2.64. The SMILES string of the molecule is Nc1ncnc2c(COCCO)cnn12. The van der Waals surface area contributed by atoms with Crippen molar-refractivity contribution in [3.63, 3.8) is 0 Å². The molecule has 0 atom stereocenters. The summed E-state index contributed by atoms with van der Waals surface area (Å²) in [5.41, 5.74) is 7.04. The average molecular weight is 209 g/mol. The van der Waals surface area contributed by atoms with E-state index in [9.17, 15) is 0 Å². The molecule has 15 heavy (non-hydrogen) atoms. The number of anilines is 1. The molecule has 7 heteroatoms. The molecular formula is C8H11N5O2. The number of hydrogen-bond acceptors (Lipinski definition) is 6. The van der Waals surface area contributed by atoms with Crippen molar-refractivity contribution in [3.05, 3.63) is 18.1 Å². The predicted octanol–water partition coefficient (Wildman–Crippen LogP) is -0.785. The molecule has 80 valence electrons. The first-order chi connectivity index (χ1) is 7.33. The number of aromatic nitrogens is 4. The van der Waals surface area contributed by atoms with Crippen LogP contribution in [0.1, 0.15) is 5.56 Å². The van der Waals surface area contributed by atoms with E-state index in [4.69, 9.17) is 15.6 Å². The normalized spacial score (nSPS) is 11.0. The second kappa shape index (κ2) is 4.20. The Balaban J connectivity index is 2.25. The summed E-state index contributed by atoms with van der Waals surface area (Å²) in [6.45, 7) is 0.634. The fourth-order valence-electron chi connectivity index (χ4n) is 1.23. The minimum absolute atomic E-state index is 0.00364. The summed E-state index contributed by atoms with van der Waals surface area (Å²) in [7, 11) is 0. The van der Waals surface area contributed by atoms with Crippen LogP contribution in [0.5, 0.6) is 0 Å². The smallest absolute Gasteiger partial charge is 0.224 e. The van der Waals surface area contributed by atoms with Crippen molar-refractivity contribution < 1.29 is 9.84 Å². The molecule has 0 bridgehead atoms. The lowest BCUT2D eigenvalue weighted by Crippen LogP contribution is -2.03. The standard InChI is InChI=1S/C8H11N5O2/c9-8-11-5-10-7-6(3-12-13(7)8)4-15-2-1-14/h3,5,14H,1-2,4H2,(H2,9,10,11). The van der Waals surface area contributed by atoms with Crippen molar-refractivity contribution in [1.29, 1.82) is 0 Å². The van der Waals surface area contributed by atoms with Gasteiger partial charge in [0.2, 0.25) is 5.95 Å². The summed E-state index contributed by atoms with van der Waals surface area (Å²) < 4.78 is 6.61.